The first-order chi connectivity index (χ1) is 16.6. The van der Waals surface area contributed by atoms with Crippen LogP contribution in [0.2, 0.25) is 0 Å². The predicted octanol–water partition coefficient (Wildman–Crippen LogP) is 6.63. The SMILES string of the molecule is CC(C)CNP1(NCC(C)C)=N[P+](NCC(C)C)(NCC(C)C)N=P(NCC(C)C)(NCC(C)C)N1. The molecule has 0 saturated carbocycles. The van der Waals surface area contributed by atoms with Crippen molar-refractivity contribution >= 4 is 22.9 Å². The van der Waals surface area contributed by atoms with Gasteiger partial charge in [0.15, 0.2) is 0 Å². The third kappa shape index (κ3) is 13.1. The van der Waals surface area contributed by atoms with E-state index >= 15 is 0 Å². The molecule has 0 fully saturated rings. The van der Waals surface area contributed by atoms with Crippen LogP contribution in [0.15, 0.2) is 9.03 Å². The van der Waals surface area contributed by atoms with E-state index in [4.69, 9.17) is 9.03 Å². The molecular weight excluding hydrogens is 507 g/mol. The van der Waals surface area contributed by atoms with Crippen molar-refractivity contribution in [3.8, 4) is 0 Å². The van der Waals surface area contributed by atoms with Crippen LogP contribution in [-0.2, 0) is 0 Å². The number of hydrogen-bond donors (Lipinski definition) is 7. The van der Waals surface area contributed by atoms with Crippen molar-refractivity contribution in [2.45, 2.75) is 83.1 Å². The van der Waals surface area contributed by atoms with Gasteiger partial charge in [-0.1, -0.05) is 83.1 Å². The van der Waals surface area contributed by atoms with E-state index in [1.807, 2.05) is 0 Å². The van der Waals surface area contributed by atoms with Gasteiger partial charge in [-0.25, -0.2) is 0 Å². The summed E-state index contributed by atoms with van der Waals surface area (Å²) >= 11 is 0. The van der Waals surface area contributed by atoms with E-state index in [0.717, 1.165) is 39.3 Å². The van der Waals surface area contributed by atoms with E-state index in [9.17, 15) is 0 Å². The van der Waals surface area contributed by atoms with Crippen LogP contribution in [0.1, 0.15) is 83.1 Å². The molecule has 1 rings (SSSR count). The van der Waals surface area contributed by atoms with E-state index in [2.05, 4.69) is 118 Å². The standard InChI is InChI=1S/C24H61N9P3/c1-19(2)13-25-34(26-14-20(3)4)31-35(27-15-21(5)6,28-16-22(7)8)33-36(32-34,29-17-23(9)10)30-18-24(11)12/h19-31H,13-18H2,1-12H3/q+1. The summed E-state index contributed by atoms with van der Waals surface area (Å²) in [5, 5.41) is 23.4. The molecule has 0 amide bonds. The van der Waals surface area contributed by atoms with Crippen LogP contribution in [-0.4, -0.2) is 39.3 Å². The Morgan fingerprint density at radius 1 is 0.472 bits per heavy atom. The van der Waals surface area contributed by atoms with Crippen LogP contribution in [0.3, 0.4) is 0 Å². The van der Waals surface area contributed by atoms with Crippen LogP contribution < -0.4 is 35.4 Å². The van der Waals surface area contributed by atoms with E-state index < -0.39 is 22.9 Å². The normalized spacial score (nSPS) is 19.1. The fourth-order valence-electron chi connectivity index (χ4n) is 3.10. The highest BCUT2D eigenvalue weighted by Crippen LogP contribution is 2.72. The molecule has 0 atom stereocenters. The predicted molar refractivity (Wildman–Crippen MR) is 166 cm³/mol. The summed E-state index contributed by atoms with van der Waals surface area (Å²) in [6, 6.07) is 0. The fraction of sp³-hybridized carbons (Fsp3) is 1.00. The van der Waals surface area contributed by atoms with E-state index in [0.29, 0.717) is 35.5 Å². The molecule has 1 aliphatic rings. The number of nitrogens with one attached hydrogen (secondary N) is 7. The minimum absolute atomic E-state index is 0.503. The number of hydrogen-bond acceptors (Lipinski definition) is 9. The number of rotatable bonds is 18. The molecule has 0 saturated heterocycles. The first-order valence-electron chi connectivity index (χ1n) is 14.1. The Morgan fingerprint density at radius 2 is 0.722 bits per heavy atom. The Balaban J connectivity index is 3.80. The van der Waals surface area contributed by atoms with Gasteiger partial charge in [0.25, 0.3) is 0 Å². The largest absolute Gasteiger partial charge is 0.399 e. The summed E-state index contributed by atoms with van der Waals surface area (Å²) in [6.45, 7) is 32.3. The Labute approximate surface area is 225 Å². The maximum atomic E-state index is 5.63. The van der Waals surface area contributed by atoms with Gasteiger partial charge < -0.3 is 0 Å². The quantitative estimate of drug-likeness (QED) is 0.0930. The number of nitrogens with zero attached hydrogens (tertiary/aromatic N) is 2. The molecule has 0 aromatic rings. The highest BCUT2D eigenvalue weighted by Gasteiger charge is 2.51. The van der Waals surface area contributed by atoms with E-state index in [-0.39, 0.29) is 0 Å². The minimum atomic E-state index is -2.44. The Bertz CT molecular complexity index is 644. The molecule has 0 radical (unpaired) electrons. The van der Waals surface area contributed by atoms with Gasteiger partial charge >= 0.3 is 7.87 Å². The van der Waals surface area contributed by atoms with Gasteiger partial charge in [-0.05, 0) is 44.5 Å². The minimum Gasteiger partial charge on any atom is -0.256 e. The average molecular weight is 569 g/mol. The zero-order chi connectivity index (χ0) is 27.6. The summed E-state index contributed by atoms with van der Waals surface area (Å²) < 4.78 is 11.3. The lowest BCUT2D eigenvalue weighted by molar-refractivity contribution is 0.597. The average Bonchev–Trinajstić information content (AvgIpc) is 2.76. The monoisotopic (exact) mass is 568 g/mol. The van der Waals surface area contributed by atoms with Crippen LogP contribution in [0.25, 0.3) is 0 Å². The molecule has 0 aliphatic carbocycles. The van der Waals surface area contributed by atoms with Gasteiger partial charge in [0, 0.05) is 39.3 Å². The van der Waals surface area contributed by atoms with Gasteiger partial charge in [-0.2, -0.15) is 4.86 Å². The van der Waals surface area contributed by atoms with Gasteiger partial charge in [0.1, 0.15) is 0 Å². The summed E-state index contributed by atoms with van der Waals surface area (Å²) in [5.41, 5.74) is 0. The first kappa shape index (κ1) is 34.6. The van der Waals surface area contributed by atoms with Crippen molar-refractivity contribution in [3.05, 3.63) is 0 Å². The second-order valence-electron chi connectivity index (χ2n) is 12.7. The molecule has 0 aromatic carbocycles. The van der Waals surface area contributed by atoms with E-state index in [1.54, 1.807) is 0 Å². The summed E-state index contributed by atoms with van der Waals surface area (Å²) in [4.78, 5) is 4.02. The van der Waals surface area contributed by atoms with E-state index in [1.165, 1.54) is 0 Å². The van der Waals surface area contributed by atoms with Crippen molar-refractivity contribution in [2.24, 2.45) is 44.5 Å². The van der Waals surface area contributed by atoms with Gasteiger partial charge in [-0.15, -0.1) is 10.2 Å². The topological polar surface area (TPSA) is 109 Å². The second-order valence-corrected chi connectivity index (χ2v) is 20.6. The van der Waals surface area contributed by atoms with Gasteiger partial charge in [0.2, 0.25) is 15.0 Å². The Morgan fingerprint density at radius 3 is 0.944 bits per heavy atom. The van der Waals surface area contributed by atoms with Crippen LogP contribution in [0.5, 0.6) is 0 Å². The third-order valence-electron chi connectivity index (χ3n) is 5.17. The molecule has 9 nitrogen and oxygen atoms in total. The zero-order valence-corrected chi connectivity index (χ0v) is 28.1. The molecule has 216 valence electrons. The Hall–Kier alpha value is 0.610. The third-order valence-corrected chi connectivity index (χ3v) is 15.5. The smallest absolute Gasteiger partial charge is 0.256 e. The summed E-state index contributed by atoms with van der Waals surface area (Å²) in [5.74, 6) is 3.06. The lowest BCUT2D eigenvalue weighted by Crippen LogP contribution is -2.44. The maximum Gasteiger partial charge on any atom is 0.399 e. The molecule has 1 aliphatic heterocycles. The molecule has 0 spiro atoms. The van der Waals surface area contributed by atoms with Gasteiger partial charge in [0.05, 0.1) is 0 Å². The zero-order valence-electron chi connectivity index (χ0n) is 25.4. The second kappa shape index (κ2) is 16.0. The van der Waals surface area contributed by atoms with Crippen LogP contribution in [0, 0.1) is 35.5 Å². The lowest BCUT2D eigenvalue weighted by atomic mass is 10.2. The molecule has 0 unspecified atom stereocenters. The molecule has 36 heavy (non-hydrogen) atoms. The molecule has 12 heteroatoms. The Kier molecular flexibility index (Phi) is 15.4. The highest BCUT2D eigenvalue weighted by molar-refractivity contribution is 7.88. The van der Waals surface area contributed by atoms with Crippen molar-refractivity contribution in [1.82, 2.24) is 35.4 Å². The highest BCUT2D eigenvalue weighted by atomic mass is 31.3. The van der Waals surface area contributed by atoms with Crippen LogP contribution in [0.4, 0.5) is 0 Å². The van der Waals surface area contributed by atoms with Crippen molar-refractivity contribution in [2.75, 3.05) is 39.3 Å². The van der Waals surface area contributed by atoms with Crippen molar-refractivity contribution in [1.29, 1.82) is 0 Å². The molecule has 0 aromatic heterocycles. The summed E-state index contributed by atoms with van der Waals surface area (Å²) in [6.07, 6.45) is 0. The molecule has 0 bridgehead atoms. The van der Waals surface area contributed by atoms with Crippen LogP contribution >= 0.6 is 22.9 Å². The maximum absolute atomic E-state index is 5.63. The first-order valence-corrected chi connectivity index (χ1v) is 19.3. The summed E-state index contributed by atoms with van der Waals surface area (Å²) in [7, 11) is -7.15. The van der Waals surface area contributed by atoms with Gasteiger partial charge in [-0.3, -0.25) is 20.3 Å². The fourth-order valence-corrected chi connectivity index (χ4v) is 16.6. The van der Waals surface area contributed by atoms with Crippen molar-refractivity contribution < 1.29 is 0 Å². The molecule has 1 heterocycles. The van der Waals surface area contributed by atoms with Crippen molar-refractivity contribution in [3.63, 3.8) is 0 Å². The molecular formula is C24H61N9P3+. The molecule has 7 N–H and O–H groups in total. The lowest BCUT2D eigenvalue weighted by Gasteiger charge is -2.40.